The Morgan fingerprint density at radius 2 is 1.33 bits per heavy atom. The third-order valence-corrected chi connectivity index (χ3v) is 9.10. The highest BCUT2D eigenvalue weighted by molar-refractivity contribution is 6.98. The number of carbonyl (C=O) groups excluding carboxylic acids is 1. The van der Waals surface area contributed by atoms with E-state index in [2.05, 4.69) is 37.8 Å². The minimum absolute atomic E-state index is 0.277. The van der Waals surface area contributed by atoms with Crippen LogP contribution >= 0.6 is 0 Å². The first-order valence-corrected chi connectivity index (χ1v) is 12.2. The fourth-order valence-electron chi connectivity index (χ4n) is 3.44. The van der Waals surface area contributed by atoms with E-state index in [0.717, 1.165) is 22.8 Å². The molecule has 2 nitrogen and oxygen atoms in total. The van der Waals surface area contributed by atoms with Crippen molar-refractivity contribution in [2.75, 3.05) is 0 Å². The molecule has 0 fully saturated rings. The van der Waals surface area contributed by atoms with Crippen LogP contribution in [0.4, 0.5) is 0 Å². The van der Waals surface area contributed by atoms with Gasteiger partial charge in [0.2, 0.25) is 0 Å². The minimum Gasteiger partial charge on any atom is -0.507 e. The third kappa shape index (κ3) is 5.93. The van der Waals surface area contributed by atoms with Crippen molar-refractivity contribution in [1.82, 2.24) is 0 Å². The van der Waals surface area contributed by atoms with Gasteiger partial charge in [0.15, 0.2) is 0 Å². The van der Waals surface area contributed by atoms with Gasteiger partial charge in [0.05, 0.1) is 0 Å². The molecule has 0 spiro atoms. The zero-order chi connectivity index (χ0) is 19.5. The number of hydrogen-bond donors (Lipinski definition) is 0. The molecule has 0 heterocycles. The Morgan fingerprint density at radius 3 is 1.81 bits per heavy atom. The highest BCUT2D eigenvalue weighted by atomic mass is 28.4. The second-order valence-corrected chi connectivity index (χ2v) is 10.8. The molecule has 0 N–H and O–H groups in total. The Bertz CT molecular complexity index is 670. The average Bonchev–Trinajstić information content (AvgIpc) is 2.70. The van der Waals surface area contributed by atoms with Gasteiger partial charge in [0, 0.05) is 5.57 Å². The van der Waals surface area contributed by atoms with Gasteiger partial charge in [0.25, 0.3) is 0 Å². The van der Waals surface area contributed by atoms with E-state index in [1.807, 2.05) is 36.4 Å². The van der Waals surface area contributed by atoms with Crippen LogP contribution in [0.1, 0.15) is 52.4 Å². The second-order valence-electron chi connectivity index (χ2n) is 7.25. The molecule has 0 amide bonds. The number of rotatable bonds is 11. The van der Waals surface area contributed by atoms with Gasteiger partial charge in [-0.25, -0.2) is 4.79 Å². The quantitative estimate of drug-likeness (QED) is 0.303. The van der Waals surface area contributed by atoms with Gasteiger partial charge >= 0.3 is 14.3 Å². The van der Waals surface area contributed by atoms with Gasteiger partial charge in [-0.1, -0.05) is 113 Å². The van der Waals surface area contributed by atoms with E-state index in [4.69, 9.17) is 4.43 Å². The fourth-order valence-corrected chi connectivity index (χ4v) is 7.39. The van der Waals surface area contributed by atoms with Crippen molar-refractivity contribution in [2.45, 2.75) is 58.4 Å². The van der Waals surface area contributed by atoms with Crippen LogP contribution in [-0.4, -0.2) is 14.3 Å². The molecular formula is C24H32O2Si. The lowest BCUT2D eigenvalue weighted by atomic mass is 10.1. The van der Waals surface area contributed by atoms with Crippen LogP contribution in [0.25, 0.3) is 0 Å². The summed E-state index contributed by atoms with van der Waals surface area (Å²) in [6, 6.07) is 21.5. The number of unbranched alkanes of at least 4 members (excludes halogenated alkanes) is 5. The van der Waals surface area contributed by atoms with Gasteiger partial charge in [-0.2, -0.15) is 0 Å². The molecule has 2 aromatic rings. The van der Waals surface area contributed by atoms with E-state index in [9.17, 15) is 4.79 Å². The topological polar surface area (TPSA) is 26.3 Å². The monoisotopic (exact) mass is 380 g/mol. The Labute approximate surface area is 165 Å². The van der Waals surface area contributed by atoms with E-state index in [1.54, 1.807) is 6.92 Å². The van der Waals surface area contributed by atoms with Crippen molar-refractivity contribution in [3.8, 4) is 0 Å². The van der Waals surface area contributed by atoms with Crippen LogP contribution in [0.3, 0.4) is 0 Å². The molecule has 0 aromatic heterocycles. The molecule has 144 valence electrons. The molecular weight excluding hydrogens is 348 g/mol. The summed E-state index contributed by atoms with van der Waals surface area (Å²) in [5, 5.41) is 2.30. The highest BCUT2D eigenvalue weighted by Crippen LogP contribution is 2.20. The van der Waals surface area contributed by atoms with Crippen molar-refractivity contribution in [2.24, 2.45) is 0 Å². The first-order chi connectivity index (χ1) is 13.1. The van der Waals surface area contributed by atoms with Gasteiger partial charge in [-0.05, 0) is 23.3 Å². The normalized spacial score (nSPS) is 11.2. The smallest absolute Gasteiger partial charge is 0.320 e. The molecule has 2 rings (SSSR count). The van der Waals surface area contributed by atoms with E-state index in [1.165, 1.54) is 32.1 Å². The van der Waals surface area contributed by atoms with E-state index >= 15 is 0 Å². The zero-order valence-corrected chi connectivity index (χ0v) is 17.7. The number of carbonyl (C=O) groups is 1. The molecule has 3 heteroatoms. The van der Waals surface area contributed by atoms with Gasteiger partial charge in [0.1, 0.15) is 0 Å². The molecule has 2 aromatic carbocycles. The fraction of sp³-hybridized carbons (Fsp3) is 0.375. The number of benzene rings is 2. The van der Waals surface area contributed by atoms with Crippen LogP contribution in [-0.2, 0) is 9.22 Å². The lowest BCUT2D eigenvalue weighted by Crippen LogP contribution is -2.61. The maximum atomic E-state index is 12.6. The van der Waals surface area contributed by atoms with Gasteiger partial charge in [-0.3, -0.25) is 0 Å². The molecule has 0 saturated heterocycles. The molecule has 0 bridgehead atoms. The molecule has 0 aliphatic rings. The minimum atomic E-state index is -2.65. The van der Waals surface area contributed by atoms with E-state index < -0.39 is 8.32 Å². The first-order valence-electron chi connectivity index (χ1n) is 10.1. The van der Waals surface area contributed by atoms with Gasteiger partial charge < -0.3 is 4.43 Å². The summed E-state index contributed by atoms with van der Waals surface area (Å²) in [6.07, 6.45) is 7.33. The lowest BCUT2D eigenvalue weighted by Gasteiger charge is -2.32. The summed E-state index contributed by atoms with van der Waals surface area (Å²) in [5.74, 6) is -0.277. The lowest BCUT2D eigenvalue weighted by molar-refractivity contribution is -0.130. The second kappa shape index (κ2) is 10.9. The van der Waals surface area contributed by atoms with Crippen molar-refractivity contribution in [1.29, 1.82) is 0 Å². The molecule has 0 aliphatic heterocycles. The molecule has 0 radical (unpaired) electrons. The Hall–Kier alpha value is -2.13. The molecule has 0 unspecified atom stereocenters. The summed E-state index contributed by atoms with van der Waals surface area (Å²) >= 11 is 0. The van der Waals surface area contributed by atoms with Crippen LogP contribution in [0.15, 0.2) is 72.8 Å². The molecule has 0 atom stereocenters. The highest BCUT2D eigenvalue weighted by Gasteiger charge is 2.42. The summed E-state index contributed by atoms with van der Waals surface area (Å²) in [5.41, 5.74) is 0.460. The number of hydrogen-bond acceptors (Lipinski definition) is 2. The van der Waals surface area contributed by atoms with Crippen LogP contribution in [0.2, 0.25) is 6.04 Å². The molecule has 0 saturated carbocycles. The van der Waals surface area contributed by atoms with Crippen LogP contribution in [0, 0.1) is 0 Å². The van der Waals surface area contributed by atoms with Crippen LogP contribution in [0.5, 0.6) is 0 Å². The zero-order valence-electron chi connectivity index (χ0n) is 16.7. The molecule has 27 heavy (non-hydrogen) atoms. The summed E-state index contributed by atoms with van der Waals surface area (Å²) in [4.78, 5) is 12.6. The van der Waals surface area contributed by atoms with Crippen LogP contribution < -0.4 is 10.4 Å². The maximum Gasteiger partial charge on any atom is 0.320 e. The van der Waals surface area contributed by atoms with Crippen molar-refractivity contribution >= 4 is 24.7 Å². The van der Waals surface area contributed by atoms with Gasteiger partial charge in [-0.15, -0.1) is 0 Å². The predicted molar refractivity (Wildman–Crippen MR) is 117 cm³/mol. The van der Waals surface area contributed by atoms with E-state index in [0.29, 0.717) is 5.57 Å². The summed E-state index contributed by atoms with van der Waals surface area (Å²) < 4.78 is 6.30. The van der Waals surface area contributed by atoms with Crippen molar-refractivity contribution < 1.29 is 9.22 Å². The van der Waals surface area contributed by atoms with Crippen molar-refractivity contribution in [3.63, 3.8) is 0 Å². The summed E-state index contributed by atoms with van der Waals surface area (Å²) in [7, 11) is -2.65. The Morgan fingerprint density at radius 1 is 0.852 bits per heavy atom. The maximum absolute atomic E-state index is 12.6. The predicted octanol–water partition coefficient (Wildman–Crippen LogP) is 5.23. The largest absolute Gasteiger partial charge is 0.507 e. The first kappa shape index (κ1) is 21.2. The third-order valence-electron chi connectivity index (χ3n) is 4.98. The standard InChI is InChI=1S/C24H32O2Si/c1-4-5-6-7-8-15-20-27(26-24(25)21(2)3,22-16-11-9-12-17-22)23-18-13-10-14-19-23/h9-14,16-19H,2,4-8,15,20H2,1,3H3. The van der Waals surface area contributed by atoms with Crippen molar-refractivity contribution in [3.05, 3.63) is 72.8 Å². The molecule has 0 aliphatic carbocycles. The Balaban J connectivity index is 2.34. The van der Waals surface area contributed by atoms with E-state index in [-0.39, 0.29) is 5.97 Å². The Kier molecular flexibility index (Phi) is 8.53. The summed E-state index contributed by atoms with van der Waals surface area (Å²) in [6.45, 7) is 7.76. The average molecular weight is 381 g/mol. The SMILES string of the molecule is C=C(C)C(=O)O[Si](CCCCCCCC)(c1ccccc1)c1ccccc1.